The maximum Gasteiger partial charge on any atom is 0.340 e. The van der Waals surface area contributed by atoms with Gasteiger partial charge in [0.15, 0.2) is 0 Å². The number of esters is 1. The summed E-state index contributed by atoms with van der Waals surface area (Å²) < 4.78 is 10.8. The lowest BCUT2D eigenvalue weighted by atomic mass is 10.1. The van der Waals surface area contributed by atoms with Crippen LogP contribution in [0.25, 0.3) is 0 Å². The Hall–Kier alpha value is -2.44. The summed E-state index contributed by atoms with van der Waals surface area (Å²) in [5.74, 6) is -0.885. The number of halogens is 1. The van der Waals surface area contributed by atoms with E-state index in [1.54, 1.807) is 29.2 Å². The molecule has 0 aliphatic carbocycles. The maximum atomic E-state index is 12.9. The van der Waals surface area contributed by atoms with Gasteiger partial charge in [0.2, 0.25) is 6.10 Å². The third-order valence-corrected chi connectivity index (χ3v) is 4.06. The molecule has 1 aliphatic heterocycles. The van der Waals surface area contributed by atoms with Crippen LogP contribution in [-0.2, 0) is 14.3 Å². The van der Waals surface area contributed by atoms with Crippen molar-refractivity contribution >= 4 is 23.5 Å². The molecule has 1 aliphatic rings. The van der Waals surface area contributed by atoms with Crippen molar-refractivity contribution in [3.8, 4) is 0 Å². The molecule has 1 aromatic heterocycles. The highest BCUT2D eigenvalue weighted by Gasteiger charge is 2.30. The smallest absolute Gasteiger partial charge is 0.340 e. The van der Waals surface area contributed by atoms with E-state index in [0.717, 1.165) is 0 Å². The van der Waals surface area contributed by atoms with Gasteiger partial charge in [-0.25, -0.2) is 9.78 Å². The molecule has 3 rings (SSSR count). The molecule has 1 saturated heterocycles. The summed E-state index contributed by atoms with van der Waals surface area (Å²) in [5, 5.41) is 0.278. The van der Waals surface area contributed by atoms with Crippen molar-refractivity contribution in [3.05, 3.63) is 64.9 Å². The van der Waals surface area contributed by atoms with Crippen LogP contribution in [0.5, 0.6) is 0 Å². The Morgan fingerprint density at radius 3 is 2.48 bits per heavy atom. The molecular weight excluding hydrogens is 344 g/mol. The molecular formula is C18H17ClN2O4. The summed E-state index contributed by atoms with van der Waals surface area (Å²) >= 11 is 5.73. The second-order valence-electron chi connectivity index (χ2n) is 5.50. The molecule has 0 N–H and O–H groups in total. The van der Waals surface area contributed by atoms with Gasteiger partial charge in [-0.1, -0.05) is 41.9 Å². The highest BCUT2D eigenvalue weighted by molar-refractivity contribution is 6.29. The molecule has 2 aromatic rings. The fourth-order valence-electron chi connectivity index (χ4n) is 2.51. The van der Waals surface area contributed by atoms with Crippen molar-refractivity contribution in [1.29, 1.82) is 0 Å². The second kappa shape index (κ2) is 8.09. The van der Waals surface area contributed by atoms with Crippen LogP contribution in [0.2, 0.25) is 5.15 Å². The summed E-state index contributed by atoms with van der Waals surface area (Å²) in [5.41, 5.74) is 0.856. The summed E-state index contributed by atoms with van der Waals surface area (Å²) in [6, 6.07) is 12.0. The summed E-state index contributed by atoms with van der Waals surface area (Å²) in [4.78, 5) is 30.8. The number of carbonyl (C=O) groups is 2. The third-order valence-electron chi connectivity index (χ3n) is 3.84. The molecule has 0 spiro atoms. The molecule has 1 atom stereocenters. The molecule has 6 nitrogen and oxygen atoms in total. The number of aromatic nitrogens is 1. The Kier molecular flexibility index (Phi) is 5.63. The van der Waals surface area contributed by atoms with E-state index in [4.69, 9.17) is 21.1 Å². The number of hydrogen-bond acceptors (Lipinski definition) is 5. The van der Waals surface area contributed by atoms with Gasteiger partial charge in [-0.15, -0.1) is 0 Å². The van der Waals surface area contributed by atoms with E-state index in [1.807, 2.05) is 6.07 Å². The standard InChI is InChI=1S/C18H17ClN2O4/c19-15-7-6-14(12-20-15)18(23)25-16(13-4-2-1-3-5-13)17(22)21-8-10-24-11-9-21/h1-7,12,16H,8-11H2/t16-/m1/s1. The highest BCUT2D eigenvalue weighted by Crippen LogP contribution is 2.22. The minimum absolute atomic E-state index is 0.236. The predicted octanol–water partition coefficient (Wildman–Crippen LogP) is 2.49. The van der Waals surface area contributed by atoms with Crippen LogP contribution in [0.15, 0.2) is 48.7 Å². The van der Waals surface area contributed by atoms with Crippen LogP contribution in [0, 0.1) is 0 Å². The Bertz CT molecular complexity index is 731. The number of amides is 1. The van der Waals surface area contributed by atoms with Crippen molar-refractivity contribution in [1.82, 2.24) is 9.88 Å². The number of ether oxygens (including phenoxy) is 2. The van der Waals surface area contributed by atoms with Gasteiger partial charge in [-0.2, -0.15) is 0 Å². The molecule has 0 bridgehead atoms. The normalized spacial score (nSPS) is 15.5. The minimum atomic E-state index is -1.01. The van der Waals surface area contributed by atoms with Gasteiger partial charge in [-0.05, 0) is 12.1 Å². The second-order valence-corrected chi connectivity index (χ2v) is 5.89. The van der Waals surface area contributed by atoms with Crippen molar-refractivity contribution in [2.45, 2.75) is 6.10 Å². The van der Waals surface area contributed by atoms with Gasteiger partial charge < -0.3 is 14.4 Å². The van der Waals surface area contributed by atoms with Crippen LogP contribution < -0.4 is 0 Å². The predicted molar refractivity (Wildman–Crippen MR) is 91.2 cm³/mol. The van der Waals surface area contributed by atoms with Gasteiger partial charge in [0.1, 0.15) is 5.15 Å². The van der Waals surface area contributed by atoms with Gasteiger partial charge in [0.25, 0.3) is 5.91 Å². The average Bonchev–Trinajstić information content (AvgIpc) is 2.67. The zero-order chi connectivity index (χ0) is 17.6. The Labute approximate surface area is 150 Å². The molecule has 1 aromatic carbocycles. The Morgan fingerprint density at radius 1 is 1.12 bits per heavy atom. The molecule has 2 heterocycles. The van der Waals surface area contributed by atoms with Crippen LogP contribution in [0.4, 0.5) is 0 Å². The average molecular weight is 361 g/mol. The van der Waals surface area contributed by atoms with E-state index in [-0.39, 0.29) is 16.6 Å². The zero-order valence-corrected chi connectivity index (χ0v) is 14.2. The Morgan fingerprint density at radius 2 is 1.84 bits per heavy atom. The number of morpholine rings is 1. The molecule has 1 amide bonds. The lowest BCUT2D eigenvalue weighted by Crippen LogP contribution is -2.44. The fraction of sp³-hybridized carbons (Fsp3) is 0.278. The topological polar surface area (TPSA) is 68.7 Å². The molecule has 1 fully saturated rings. The van der Waals surface area contributed by atoms with E-state index >= 15 is 0 Å². The quantitative estimate of drug-likeness (QED) is 0.619. The Balaban J connectivity index is 1.82. The molecule has 25 heavy (non-hydrogen) atoms. The lowest BCUT2D eigenvalue weighted by Gasteiger charge is -2.30. The van der Waals surface area contributed by atoms with E-state index in [0.29, 0.717) is 31.9 Å². The van der Waals surface area contributed by atoms with Crippen LogP contribution >= 0.6 is 11.6 Å². The number of nitrogens with zero attached hydrogens (tertiary/aromatic N) is 2. The molecule has 130 valence electrons. The van der Waals surface area contributed by atoms with Crippen molar-refractivity contribution < 1.29 is 19.1 Å². The first-order valence-electron chi connectivity index (χ1n) is 7.89. The van der Waals surface area contributed by atoms with Crippen molar-refractivity contribution in [3.63, 3.8) is 0 Å². The summed E-state index contributed by atoms with van der Waals surface area (Å²) in [7, 11) is 0. The molecule has 0 radical (unpaired) electrons. The fourth-order valence-corrected chi connectivity index (χ4v) is 2.62. The van der Waals surface area contributed by atoms with Crippen molar-refractivity contribution in [2.24, 2.45) is 0 Å². The largest absolute Gasteiger partial charge is 0.444 e. The number of carbonyl (C=O) groups excluding carboxylic acids is 2. The van der Waals surface area contributed by atoms with Crippen LogP contribution in [-0.4, -0.2) is 48.1 Å². The van der Waals surface area contributed by atoms with E-state index in [1.165, 1.54) is 18.3 Å². The SMILES string of the molecule is O=C(O[C@@H](C(=O)N1CCOCC1)c1ccccc1)c1ccc(Cl)nc1. The lowest BCUT2D eigenvalue weighted by molar-refractivity contribution is -0.145. The van der Waals surface area contributed by atoms with Crippen LogP contribution in [0.3, 0.4) is 0 Å². The molecule has 0 saturated carbocycles. The minimum Gasteiger partial charge on any atom is -0.444 e. The van der Waals surface area contributed by atoms with Gasteiger partial charge >= 0.3 is 5.97 Å². The summed E-state index contributed by atoms with van der Waals surface area (Å²) in [6.45, 7) is 1.90. The van der Waals surface area contributed by atoms with Gasteiger partial charge in [-0.3, -0.25) is 4.79 Å². The van der Waals surface area contributed by atoms with Crippen LogP contribution in [0.1, 0.15) is 22.0 Å². The van der Waals surface area contributed by atoms with E-state index < -0.39 is 12.1 Å². The zero-order valence-electron chi connectivity index (χ0n) is 13.4. The first kappa shape index (κ1) is 17.4. The van der Waals surface area contributed by atoms with Gasteiger partial charge in [0.05, 0.1) is 18.8 Å². The number of hydrogen-bond donors (Lipinski definition) is 0. The van der Waals surface area contributed by atoms with Crippen molar-refractivity contribution in [2.75, 3.05) is 26.3 Å². The number of benzene rings is 1. The highest BCUT2D eigenvalue weighted by atomic mass is 35.5. The first-order chi connectivity index (χ1) is 12.1. The van der Waals surface area contributed by atoms with Gasteiger partial charge in [0, 0.05) is 24.8 Å². The third kappa shape index (κ3) is 4.35. The van der Waals surface area contributed by atoms with E-state index in [2.05, 4.69) is 4.98 Å². The molecule has 7 heteroatoms. The monoisotopic (exact) mass is 360 g/mol. The first-order valence-corrected chi connectivity index (χ1v) is 8.27. The summed E-state index contributed by atoms with van der Waals surface area (Å²) in [6.07, 6.45) is 0.314. The molecule has 0 unspecified atom stereocenters. The number of pyridine rings is 1. The maximum absolute atomic E-state index is 12.9. The van der Waals surface area contributed by atoms with E-state index in [9.17, 15) is 9.59 Å². The number of rotatable bonds is 4.